The number of nitrogens with one attached hydrogen (secondary N) is 1. The van der Waals surface area contributed by atoms with Gasteiger partial charge in [-0.15, -0.1) is 11.3 Å². The van der Waals surface area contributed by atoms with E-state index in [-0.39, 0.29) is 6.04 Å². The van der Waals surface area contributed by atoms with Crippen LogP contribution in [-0.2, 0) is 0 Å². The average Bonchev–Trinajstić information content (AvgIpc) is 2.71. The number of nitrogens with zero attached hydrogens (tertiary/aromatic N) is 1. The van der Waals surface area contributed by atoms with Crippen LogP contribution in [0.25, 0.3) is 0 Å². The quantitative estimate of drug-likeness (QED) is 0.904. The Kier molecular flexibility index (Phi) is 4.38. The first kappa shape index (κ1) is 14.2. The lowest BCUT2D eigenvalue weighted by atomic mass is 9.99. The van der Waals surface area contributed by atoms with Crippen LogP contribution in [-0.4, -0.2) is 12.0 Å². The van der Waals surface area contributed by atoms with E-state index in [2.05, 4.69) is 62.3 Å². The highest BCUT2D eigenvalue weighted by Gasteiger charge is 2.17. The van der Waals surface area contributed by atoms with Crippen LogP contribution in [0.1, 0.15) is 52.5 Å². The second-order valence-electron chi connectivity index (χ2n) is 5.24. The Morgan fingerprint density at radius 3 is 2.05 bits per heavy atom. The van der Waals surface area contributed by atoms with Crippen LogP contribution >= 0.6 is 11.3 Å². The molecule has 19 heavy (non-hydrogen) atoms. The number of rotatable bonds is 4. The molecule has 2 rings (SSSR count). The molecule has 1 aromatic heterocycles. The summed E-state index contributed by atoms with van der Waals surface area (Å²) in [5, 5.41) is 4.52. The van der Waals surface area contributed by atoms with Crippen LogP contribution < -0.4 is 5.32 Å². The topological polar surface area (TPSA) is 24.9 Å². The van der Waals surface area contributed by atoms with Gasteiger partial charge < -0.3 is 5.32 Å². The molecule has 0 saturated carbocycles. The summed E-state index contributed by atoms with van der Waals surface area (Å²) in [6.07, 6.45) is 0. The number of thiazole rings is 1. The molecule has 1 heterocycles. The fraction of sp³-hybridized carbons (Fsp3) is 0.438. The SMILES string of the molecule is CNC(c1ccc(C(C)C)cc1)c1nc(C)c(C)s1. The standard InChI is InChI=1S/C16H22N2S/c1-10(2)13-6-8-14(9-7-13)15(17-5)16-18-11(3)12(4)19-16/h6-10,15,17H,1-5H3. The predicted octanol–water partition coefficient (Wildman–Crippen LogP) is 4.19. The molecular formula is C16H22N2S. The zero-order valence-electron chi connectivity index (χ0n) is 12.3. The van der Waals surface area contributed by atoms with E-state index in [0.29, 0.717) is 5.92 Å². The molecule has 0 radical (unpaired) electrons. The lowest BCUT2D eigenvalue weighted by Crippen LogP contribution is -2.17. The minimum atomic E-state index is 0.193. The van der Waals surface area contributed by atoms with E-state index in [9.17, 15) is 0 Å². The smallest absolute Gasteiger partial charge is 0.115 e. The third-order valence-corrected chi connectivity index (χ3v) is 4.65. The van der Waals surface area contributed by atoms with Gasteiger partial charge in [0.25, 0.3) is 0 Å². The van der Waals surface area contributed by atoms with Crippen LogP contribution in [0.15, 0.2) is 24.3 Å². The van der Waals surface area contributed by atoms with E-state index in [4.69, 9.17) is 0 Å². The third kappa shape index (κ3) is 3.04. The van der Waals surface area contributed by atoms with Crippen LogP contribution in [0.2, 0.25) is 0 Å². The maximum Gasteiger partial charge on any atom is 0.115 e. The first-order valence-corrected chi connectivity index (χ1v) is 7.55. The molecule has 0 amide bonds. The minimum Gasteiger partial charge on any atom is -0.307 e. The van der Waals surface area contributed by atoms with Crippen molar-refractivity contribution in [3.8, 4) is 0 Å². The number of aryl methyl sites for hydroxylation is 2. The Hall–Kier alpha value is -1.19. The lowest BCUT2D eigenvalue weighted by Gasteiger charge is -2.15. The summed E-state index contributed by atoms with van der Waals surface area (Å²) < 4.78 is 0. The van der Waals surface area contributed by atoms with E-state index in [1.54, 1.807) is 11.3 Å². The molecule has 0 fully saturated rings. The van der Waals surface area contributed by atoms with Crippen LogP contribution in [0, 0.1) is 13.8 Å². The number of benzene rings is 1. The molecule has 1 N–H and O–H groups in total. The molecule has 1 aromatic carbocycles. The fourth-order valence-electron chi connectivity index (χ4n) is 2.13. The molecular weight excluding hydrogens is 252 g/mol. The van der Waals surface area contributed by atoms with Crippen molar-refractivity contribution in [2.24, 2.45) is 0 Å². The molecule has 0 aliphatic heterocycles. The summed E-state index contributed by atoms with van der Waals surface area (Å²) >= 11 is 1.78. The van der Waals surface area contributed by atoms with Crippen molar-refractivity contribution in [1.82, 2.24) is 10.3 Å². The maximum atomic E-state index is 4.67. The van der Waals surface area contributed by atoms with Crippen molar-refractivity contribution >= 4 is 11.3 Å². The molecule has 1 atom stereocenters. The monoisotopic (exact) mass is 274 g/mol. The highest BCUT2D eigenvalue weighted by molar-refractivity contribution is 7.11. The van der Waals surface area contributed by atoms with Crippen molar-refractivity contribution in [2.45, 2.75) is 39.7 Å². The fourth-order valence-corrected chi connectivity index (χ4v) is 3.19. The van der Waals surface area contributed by atoms with E-state index in [0.717, 1.165) is 10.7 Å². The van der Waals surface area contributed by atoms with Crippen LogP contribution in [0.4, 0.5) is 0 Å². The molecule has 102 valence electrons. The van der Waals surface area contributed by atoms with Crippen molar-refractivity contribution in [3.05, 3.63) is 51.0 Å². The van der Waals surface area contributed by atoms with Crippen molar-refractivity contribution < 1.29 is 0 Å². The molecule has 1 unspecified atom stereocenters. The van der Waals surface area contributed by atoms with E-state index in [1.165, 1.54) is 16.0 Å². The summed E-state index contributed by atoms with van der Waals surface area (Å²) in [6, 6.07) is 9.05. The summed E-state index contributed by atoms with van der Waals surface area (Å²) in [7, 11) is 1.99. The Balaban J connectivity index is 2.31. The summed E-state index contributed by atoms with van der Waals surface area (Å²) in [5.74, 6) is 0.575. The van der Waals surface area contributed by atoms with Crippen molar-refractivity contribution in [3.63, 3.8) is 0 Å². The number of hydrogen-bond acceptors (Lipinski definition) is 3. The Bertz CT molecular complexity index is 521. The Morgan fingerprint density at radius 1 is 1.05 bits per heavy atom. The number of aromatic nitrogens is 1. The summed E-state index contributed by atoms with van der Waals surface area (Å²) in [5.41, 5.74) is 3.80. The normalized spacial score (nSPS) is 12.9. The molecule has 0 aliphatic rings. The average molecular weight is 274 g/mol. The molecule has 2 nitrogen and oxygen atoms in total. The van der Waals surface area contributed by atoms with Crippen molar-refractivity contribution in [2.75, 3.05) is 7.05 Å². The molecule has 0 spiro atoms. The van der Waals surface area contributed by atoms with Gasteiger partial charge >= 0.3 is 0 Å². The van der Waals surface area contributed by atoms with Crippen LogP contribution in [0.3, 0.4) is 0 Å². The first-order valence-electron chi connectivity index (χ1n) is 6.74. The third-order valence-electron chi connectivity index (χ3n) is 3.52. The Labute approximate surface area is 119 Å². The summed E-state index contributed by atoms with van der Waals surface area (Å²) in [6.45, 7) is 8.64. The summed E-state index contributed by atoms with van der Waals surface area (Å²) in [4.78, 5) is 5.97. The number of hydrogen-bond donors (Lipinski definition) is 1. The second kappa shape index (κ2) is 5.85. The van der Waals surface area contributed by atoms with Gasteiger partial charge in [0.05, 0.1) is 11.7 Å². The van der Waals surface area contributed by atoms with Crippen molar-refractivity contribution in [1.29, 1.82) is 0 Å². The minimum absolute atomic E-state index is 0.193. The maximum absolute atomic E-state index is 4.67. The predicted molar refractivity (Wildman–Crippen MR) is 83.0 cm³/mol. The highest BCUT2D eigenvalue weighted by Crippen LogP contribution is 2.28. The van der Waals surface area contributed by atoms with Gasteiger partial charge in [-0.2, -0.15) is 0 Å². The van der Waals surface area contributed by atoms with Gasteiger partial charge in [-0.3, -0.25) is 0 Å². The molecule has 0 saturated heterocycles. The van der Waals surface area contributed by atoms with Gasteiger partial charge in [0.15, 0.2) is 0 Å². The van der Waals surface area contributed by atoms with Gasteiger partial charge in [0, 0.05) is 4.88 Å². The van der Waals surface area contributed by atoms with Gasteiger partial charge in [0.2, 0.25) is 0 Å². The first-order chi connectivity index (χ1) is 9.02. The van der Waals surface area contributed by atoms with E-state index >= 15 is 0 Å². The Morgan fingerprint density at radius 2 is 1.63 bits per heavy atom. The molecule has 3 heteroatoms. The highest BCUT2D eigenvalue weighted by atomic mass is 32.1. The second-order valence-corrected chi connectivity index (χ2v) is 6.47. The van der Waals surface area contributed by atoms with Gasteiger partial charge in [-0.1, -0.05) is 38.1 Å². The molecule has 0 bridgehead atoms. The van der Waals surface area contributed by atoms with E-state index < -0.39 is 0 Å². The molecule has 0 aliphatic carbocycles. The lowest BCUT2D eigenvalue weighted by molar-refractivity contribution is 0.684. The van der Waals surface area contributed by atoms with Gasteiger partial charge in [0.1, 0.15) is 5.01 Å². The van der Waals surface area contributed by atoms with Crippen LogP contribution in [0.5, 0.6) is 0 Å². The van der Waals surface area contributed by atoms with Gasteiger partial charge in [-0.25, -0.2) is 4.98 Å². The van der Waals surface area contributed by atoms with E-state index in [1.807, 2.05) is 7.05 Å². The van der Waals surface area contributed by atoms with Gasteiger partial charge in [-0.05, 0) is 37.9 Å². The largest absolute Gasteiger partial charge is 0.307 e. The molecule has 2 aromatic rings. The zero-order chi connectivity index (χ0) is 14.0. The zero-order valence-corrected chi connectivity index (χ0v) is 13.1.